The molecular weight excluding hydrogens is 368 g/mol. The molecule has 27 heavy (non-hydrogen) atoms. The number of amides is 2. The number of alkyl halides is 2. The van der Waals surface area contributed by atoms with Crippen molar-refractivity contribution in [3.8, 4) is 0 Å². The first-order valence-electron chi connectivity index (χ1n) is 9.26. The first-order valence-corrected chi connectivity index (χ1v) is 12.5. The van der Waals surface area contributed by atoms with Gasteiger partial charge in [-0.15, -0.1) is 0 Å². The quantitative estimate of drug-likeness (QED) is 0.632. The average Bonchev–Trinajstić information content (AvgIpc) is 2.88. The number of halogens is 2. The zero-order valence-corrected chi connectivity index (χ0v) is 17.7. The molecule has 1 fully saturated rings. The molecule has 1 aliphatic rings. The predicted molar refractivity (Wildman–Crippen MR) is 103 cm³/mol. The number of hydrogen-bond donors (Lipinski definition) is 0. The Hall–Kier alpha value is -1.76. The highest BCUT2D eigenvalue weighted by atomic mass is 28.3. The lowest BCUT2D eigenvalue weighted by Crippen LogP contribution is -2.47. The van der Waals surface area contributed by atoms with Crippen LogP contribution < -0.4 is 0 Å². The van der Waals surface area contributed by atoms with Gasteiger partial charge < -0.3 is 4.74 Å². The van der Waals surface area contributed by atoms with Crippen molar-refractivity contribution in [2.45, 2.75) is 70.4 Å². The number of imide groups is 1. The van der Waals surface area contributed by atoms with E-state index in [1.165, 1.54) is 0 Å². The molecule has 0 bridgehead atoms. The molecule has 1 aromatic rings. The summed E-state index contributed by atoms with van der Waals surface area (Å²) in [5.41, 5.74) is 0.781. The van der Waals surface area contributed by atoms with Crippen LogP contribution in [0.25, 0.3) is 0 Å². The summed E-state index contributed by atoms with van der Waals surface area (Å²) >= 11 is 0. The third kappa shape index (κ3) is 4.94. The van der Waals surface area contributed by atoms with Crippen molar-refractivity contribution < 1.29 is 23.1 Å². The van der Waals surface area contributed by atoms with Crippen molar-refractivity contribution >= 4 is 20.1 Å². The highest BCUT2D eigenvalue weighted by Gasteiger charge is 2.50. The number of rotatable bonds is 5. The topological polar surface area (TPSA) is 46.6 Å². The molecule has 1 aromatic carbocycles. The number of ether oxygens (including phenoxy) is 1. The van der Waals surface area contributed by atoms with Gasteiger partial charge in [-0.1, -0.05) is 64.2 Å². The van der Waals surface area contributed by atoms with Gasteiger partial charge in [0.1, 0.15) is 12.5 Å². The first kappa shape index (κ1) is 21.5. The van der Waals surface area contributed by atoms with Crippen LogP contribution in [0.15, 0.2) is 30.3 Å². The minimum atomic E-state index is -2.77. The second-order valence-corrected chi connectivity index (χ2v) is 14.6. The largest absolute Gasteiger partial charge is 0.444 e. The third-order valence-corrected chi connectivity index (χ3v) is 11.5. The number of carbonyl (C=O) groups excluding carboxylic acids is 2. The monoisotopic (exact) mass is 397 g/mol. The minimum Gasteiger partial charge on any atom is -0.444 e. The van der Waals surface area contributed by atoms with Crippen molar-refractivity contribution in [1.82, 2.24) is 4.90 Å². The lowest BCUT2D eigenvalue weighted by atomic mass is 10.1. The molecule has 1 aliphatic heterocycles. The summed E-state index contributed by atoms with van der Waals surface area (Å²) in [6.07, 6.45) is -3.59. The van der Waals surface area contributed by atoms with Gasteiger partial charge in [-0.25, -0.2) is 18.5 Å². The van der Waals surface area contributed by atoms with E-state index in [0.29, 0.717) is 6.04 Å². The van der Waals surface area contributed by atoms with Gasteiger partial charge in [0.25, 0.3) is 0 Å². The molecule has 0 N–H and O–H groups in total. The molecular formula is C20H29F2NO3Si. The lowest BCUT2D eigenvalue weighted by Gasteiger charge is -2.40. The number of hydrogen-bond acceptors (Lipinski definition) is 3. The van der Waals surface area contributed by atoms with E-state index in [4.69, 9.17) is 4.74 Å². The standard InChI is InChI=1S/C20H29F2NO3Si/c1-20(2,3)27(4,5)13-15-11-16(17(21)22)18(24)23(15)19(25)26-12-14-9-7-6-8-10-14/h6-10,15-17H,11-13H2,1-5H3/t15-,16+/m0/s1. The second-order valence-electron chi connectivity index (χ2n) is 8.92. The Balaban J connectivity index is 2.17. The molecule has 2 atom stereocenters. The summed E-state index contributed by atoms with van der Waals surface area (Å²) in [5.74, 6) is -2.24. The van der Waals surface area contributed by atoms with Crippen LogP contribution in [0, 0.1) is 5.92 Å². The molecule has 2 rings (SSSR count). The van der Waals surface area contributed by atoms with Crippen LogP contribution in [0.2, 0.25) is 24.2 Å². The fraction of sp³-hybridized carbons (Fsp3) is 0.600. The second kappa shape index (κ2) is 8.08. The van der Waals surface area contributed by atoms with Crippen molar-refractivity contribution in [2.24, 2.45) is 5.92 Å². The Labute approximate surface area is 160 Å². The zero-order valence-electron chi connectivity index (χ0n) is 16.7. The van der Waals surface area contributed by atoms with Crippen LogP contribution in [0.3, 0.4) is 0 Å². The number of likely N-dealkylation sites (tertiary alicyclic amines) is 1. The smallest absolute Gasteiger partial charge is 0.417 e. The number of benzene rings is 1. The Bertz CT molecular complexity index is 674. The molecule has 0 aromatic heterocycles. The van der Waals surface area contributed by atoms with Gasteiger partial charge in [-0.05, 0) is 23.1 Å². The van der Waals surface area contributed by atoms with Crippen molar-refractivity contribution in [1.29, 1.82) is 0 Å². The van der Waals surface area contributed by atoms with Gasteiger partial charge in [-0.3, -0.25) is 4.79 Å². The van der Waals surface area contributed by atoms with Crippen LogP contribution in [0.1, 0.15) is 32.8 Å². The van der Waals surface area contributed by atoms with Gasteiger partial charge in [0, 0.05) is 6.04 Å². The van der Waals surface area contributed by atoms with E-state index >= 15 is 0 Å². The van der Waals surface area contributed by atoms with Crippen molar-refractivity contribution in [3.63, 3.8) is 0 Å². The van der Waals surface area contributed by atoms with Gasteiger partial charge in [-0.2, -0.15) is 0 Å². The molecule has 2 amide bonds. The van der Waals surface area contributed by atoms with E-state index < -0.39 is 38.5 Å². The molecule has 0 saturated carbocycles. The van der Waals surface area contributed by atoms with Gasteiger partial charge in [0.15, 0.2) is 0 Å². The highest BCUT2D eigenvalue weighted by Crippen LogP contribution is 2.43. The first-order chi connectivity index (χ1) is 12.4. The summed E-state index contributed by atoms with van der Waals surface area (Å²) < 4.78 is 31.9. The van der Waals surface area contributed by atoms with Gasteiger partial charge >= 0.3 is 6.09 Å². The van der Waals surface area contributed by atoms with Crippen LogP contribution in [-0.2, 0) is 16.1 Å². The molecule has 0 aliphatic carbocycles. The Morgan fingerprint density at radius 1 is 1.26 bits per heavy atom. The highest BCUT2D eigenvalue weighted by molar-refractivity contribution is 6.80. The molecule has 7 heteroatoms. The van der Waals surface area contributed by atoms with E-state index in [9.17, 15) is 18.4 Å². The van der Waals surface area contributed by atoms with Gasteiger partial charge in [0.05, 0.1) is 8.07 Å². The van der Waals surface area contributed by atoms with Crippen LogP contribution in [-0.4, -0.2) is 37.4 Å². The lowest BCUT2D eigenvalue weighted by molar-refractivity contribution is -0.134. The third-order valence-electron chi connectivity index (χ3n) is 5.93. The summed E-state index contributed by atoms with van der Waals surface area (Å²) in [4.78, 5) is 26.1. The van der Waals surface area contributed by atoms with Crippen molar-refractivity contribution in [3.05, 3.63) is 35.9 Å². The van der Waals surface area contributed by atoms with Crippen LogP contribution in [0.4, 0.5) is 13.6 Å². The van der Waals surface area contributed by atoms with E-state index in [1.54, 1.807) is 12.1 Å². The minimum absolute atomic E-state index is 0.00342. The molecule has 0 unspecified atom stereocenters. The average molecular weight is 398 g/mol. The maximum Gasteiger partial charge on any atom is 0.417 e. The van der Waals surface area contributed by atoms with Crippen LogP contribution >= 0.6 is 0 Å². The Kier molecular flexibility index (Phi) is 6.45. The zero-order chi connectivity index (χ0) is 20.4. The Morgan fingerprint density at radius 2 is 1.85 bits per heavy atom. The molecule has 1 saturated heterocycles. The number of nitrogens with zero attached hydrogens (tertiary/aromatic N) is 1. The van der Waals surface area contributed by atoms with Crippen molar-refractivity contribution in [2.75, 3.05) is 0 Å². The SMILES string of the molecule is CC(C)(C)[Si](C)(C)C[C@@H]1C[C@H](C(F)F)C(=O)N1C(=O)OCc1ccccc1. The van der Waals surface area contributed by atoms with Crippen LogP contribution in [0.5, 0.6) is 0 Å². The van der Waals surface area contributed by atoms with Gasteiger partial charge in [0.2, 0.25) is 12.3 Å². The fourth-order valence-electron chi connectivity index (χ4n) is 3.17. The van der Waals surface area contributed by atoms with E-state index in [0.717, 1.165) is 10.5 Å². The summed E-state index contributed by atoms with van der Waals surface area (Å²) in [6, 6.07) is 9.14. The fourth-order valence-corrected chi connectivity index (χ4v) is 5.31. The molecule has 4 nitrogen and oxygen atoms in total. The maximum absolute atomic E-state index is 13.3. The molecule has 150 valence electrons. The molecule has 0 radical (unpaired) electrons. The van der Waals surface area contributed by atoms with E-state index in [1.807, 2.05) is 18.2 Å². The Morgan fingerprint density at radius 3 is 2.37 bits per heavy atom. The number of carbonyl (C=O) groups is 2. The summed E-state index contributed by atoms with van der Waals surface area (Å²) in [6.45, 7) is 10.7. The van der Waals surface area contributed by atoms with E-state index in [-0.39, 0.29) is 18.1 Å². The van der Waals surface area contributed by atoms with E-state index in [2.05, 4.69) is 33.9 Å². The molecule has 1 heterocycles. The predicted octanol–water partition coefficient (Wildman–Crippen LogP) is 5.31. The normalized spacial score (nSPS) is 21.0. The summed E-state index contributed by atoms with van der Waals surface area (Å²) in [5, 5.41) is 0.0264. The molecule has 0 spiro atoms. The summed E-state index contributed by atoms with van der Waals surface area (Å²) in [7, 11) is -1.89. The maximum atomic E-state index is 13.3.